The van der Waals surface area contributed by atoms with Gasteiger partial charge in [0.15, 0.2) is 0 Å². The first-order valence-corrected chi connectivity index (χ1v) is 8.82. The number of benzene rings is 1. The highest BCUT2D eigenvalue weighted by Crippen LogP contribution is 2.33. The van der Waals surface area contributed by atoms with Crippen LogP contribution in [0, 0.1) is 10.1 Å². The average Bonchev–Trinajstić information content (AvgIpc) is 2.69. The molecule has 1 aromatic heterocycles. The second-order valence-electron chi connectivity index (χ2n) is 5.71. The van der Waals surface area contributed by atoms with Gasteiger partial charge in [-0.25, -0.2) is 9.97 Å². The normalized spacial score (nSPS) is 10.5. The maximum atomic E-state index is 11.8. The number of ether oxygens (including phenoxy) is 3. The molecule has 2 aromatic rings. The predicted molar refractivity (Wildman–Crippen MR) is 106 cm³/mol. The molecule has 0 amide bonds. The Morgan fingerprint density at radius 2 is 1.75 bits per heavy atom. The summed E-state index contributed by atoms with van der Waals surface area (Å²) in [6.45, 7) is 4.11. The highest BCUT2D eigenvalue weighted by molar-refractivity contribution is 5.74. The molecule has 1 heterocycles. The van der Waals surface area contributed by atoms with Crippen LogP contribution >= 0.6 is 0 Å². The van der Waals surface area contributed by atoms with E-state index in [9.17, 15) is 10.1 Å². The van der Waals surface area contributed by atoms with Crippen LogP contribution in [0.1, 0.15) is 6.92 Å². The van der Waals surface area contributed by atoms with Crippen molar-refractivity contribution >= 4 is 23.0 Å². The molecule has 152 valence electrons. The Hall–Kier alpha value is -2.98. The molecular weight excluding hydrogens is 366 g/mol. The monoisotopic (exact) mass is 391 g/mol. The van der Waals surface area contributed by atoms with E-state index in [0.29, 0.717) is 38.6 Å². The first kappa shape index (κ1) is 21.3. The van der Waals surface area contributed by atoms with Gasteiger partial charge in [0.05, 0.1) is 24.7 Å². The van der Waals surface area contributed by atoms with Gasteiger partial charge in [-0.05, 0) is 31.2 Å². The van der Waals surface area contributed by atoms with Crippen molar-refractivity contribution in [3.63, 3.8) is 0 Å². The zero-order valence-corrected chi connectivity index (χ0v) is 16.3. The predicted octanol–water partition coefficient (Wildman–Crippen LogP) is 2.63. The van der Waals surface area contributed by atoms with E-state index in [0.717, 1.165) is 5.75 Å². The number of nitrogens with one attached hydrogen (secondary N) is 1. The molecule has 0 aliphatic heterocycles. The molecule has 0 saturated heterocycles. The minimum atomic E-state index is -0.487. The van der Waals surface area contributed by atoms with Crippen LogP contribution in [0.5, 0.6) is 5.75 Å². The largest absolute Gasteiger partial charge is 0.494 e. The van der Waals surface area contributed by atoms with Gasteiger partial charge in [-0.15, -0.1) is 0 Å². The zero-order valence-electron chi connectivity index (χ0n) is 16.3. The van der Waals surface area contributed by atoms with Crippen LogP contribution in [-0.4, -0.2) is 62.0 Å². The van der Waals surface area contributed by atoms with E-state index >= 15 is 0 Å². The standard InChI is InChI=1S/C18H25N5O5/c1-4-28-15-7-5-14(6-8-15)21-17-16(23(24)25)18(20-13-19-17)22(9-11-26-2)10-12-27-3/h5-8,13H,4,9-12H2,1-3H3,(H,19,20,21). The number of nitro groups is 1. The van der Waals surface area contributed by atoms with Gasteiger partial charge >= 0.3 is 5.69 Å². The van der Waals surface area contributed by atoms with Gasteiger partial charge in [-0.1, -0.05) is 0 Å². The van der Waals surface area contributed by atoms with Gasteiger partial charge in [-0.2, -0.15) is 0 Å². The van der Waals surface area contributed by atoms with Gasteiger partial charge in [0, 0.05) is 33.0 Å². The van der Waals surface area contributed by atoms with Gasteiger partial charge in [0.25, 0.3) is 0 Å². The Balaban J connectivity index is 2.33. The lowest BCUT2D eigenvalue weighted by atomic mass is 10.3. The van der Waals surface area contributed by atoms with Crippen LogP contribution in [0.2, 0.25) is 0 Å². The lowest BCUT2D eigenvalue weighted by Gasteiger charge is -2.23. The van der Waals surface area contributed by atoms with Crippen molar-refractivity contribution in [3.05, 3.63) is 40.7 Å². The van der Waals surface area contributed by atoms with Gasteiger partial charge < -0.3 is 24.4 Å². The SMILES string of the molecule is CCOc1ccc(Nc2ncnc(N(CCOC)CCOC)c2[N+](=O)[O-])cc1. The molecule has 0 aliphatic rings. The van der Waals surface area contributed by atoms with E-state index in [2.05, 4.69) is 15.3 Å². The zero-order chi connectivity index (χ0) is 20.4. The van der Waals surface area contributed by atoms with Crippen LogP contribution in [-0.2, 0) is 9.47 Å². The topological polar surface area (TPSA) is 112 Å². The van der Waals surface area contributed by atoms with Crippen molar-refractivity contribution in [2.45, 2.75) is 6.92 Å². The van der Waals surface area contributed by atoms with Crippen molar-refractivity contribution in [2.75, 3.05) is 57.3 Å². The molecule has 0 bridgehead atoms. The smallest absolute Gasteiger partial charge is 0.353 e. The van der Waals surface area contributed by atoms with E-state index in [-0.39, 0.29) is 17.3 Å². The first-order valence-electron chi connectivity index (χ1n) is 8.82. The molecule has 10 heteroatoms. The Morgan fingerprint density at radius 1 is 1.11 bits per heavy atom. The van der Waals surface area contributed by atoms with Crippen LogP contribution < -0.4 is 15.0 Å². The summed E-state index contributed by atoms with van der Waals surface area (Å²) in [5, 5.41) is 14.8. The Morgan fingerprint density at radius 3 is 2.29 bits per heavy atom. The first-order chi connectivity index (χ1) is 13.6. The number of hydrogen-bond donors (Lipinski definition) is 1. The van der Waals surface area contributed by atoms with Crippen LogP contribution in [0.15, 0.2) is 30.6 Å². The molecule has 0 radical (unpaired) electrons. The lowest BCUT2D eigenvalue weighted by molar-refractivity contribution is -0.383. The van der Waals surface area contributed by atoms with E-state index in [1.807, 2.05) is 6.92 Å². The number of hydrogen-bond acceptors (Lipinski definition) is 9. The third-order valence-corrected chi connectivity index (χ3v) is 3.84. The number of rotatable bonds is 12. The minimum Gasteiger partial charge on any atom is -0.494 e. The quantitative estimate of drug-likeness (QED) is 0.431. The maximum absolute atomic E-state index is 11.8. The van der Waals surface area contributed by atoms with E-state index in [1.54, 1.807) is 43.4 Å². The number of aromatic nitrogens is 2. The lowest BCUT2D eigenvalue weighted by Crippen LogP contribution is -2.32. The van der Waals surface area contributed by atoms with Crippen LogP contribution in [0.4, 0.5) is 23.0 Å². The number of nitrogens with zero attached hydrogens (tertiary/aromatic N) is 4. The Kier molecular flexibility index (Phi) is 8.37. The molecule has 1 aromatic carbocycles. The summed E-state index contributed by atoms with van der Waals surface area (Å²) in [6, 6.07) is 7.10. The molecule has 2 rings (SSSR count). The van der Waals surface area contributed by atoms with Crippen molar-refractivity contribution in [1.29, 1.82) is 0 Å². The third-order valence-electron chi connectivity index (χ3n) is 3.84. The van der Waals surface area contributed by atoms with Gasteiger partial charge in [0.1, 0.15) is 12.1 Å². The summed E-state index contributed by atoms with van der Waals surface area (Å²) in [5.41, 5.74) is 0.445. The minimum absolute atomic E-state index is 0.110. The number of anilines is 3. The van der Waals surface area contributed by atoms with Crippen molar-refractivity contribution in [1.82, 2.24) is 9.97 Å². The molecular formula is C18H25N5O5. The van der Waals surface area contributed by atoms with Gasteiger partial charge in [0.2, 0.25) is 11.6 Å². The summed E-state index contributed by atoms with van der Waals surface area (Å²) in [7, 11) is 3.14. The van der Waals surface area contributed by atoms with E-state index in [4.69, 9.17) is 14.2 Å². The third kappa shape index (κ3) is 5.76. The maximum Gasteiger partial charge on any atom is 0.353 e. The molecule has 0 saturated carbocycles. The molecule has 0 spiro atoms. The molecule has 0 fully saturated rings. The fraction of sp³-hybridized carbons (Fsp3) is 0.444. The van der Waals surface area contributed by atoms with Crippen LogP contribution in [0.25, 0.3) is 0 Å². The molecule has 28 heavy (non-hydrogen) atoms. The summed E-state index contributed by atoms with van der Waals surface area (Å²) >= 11 is 0. The highest BCUT2D eigenvalue weighted by atomic mass is 16.6. The average molecular weight is 391 g/mol. The van der Waals surface area contributed by atoms with E-state index in [1.165, 1.54) is 6.33 Å². The second-order valence-corrected chi connectivity index (χ2v) is 5.71. The summed E-state index contributed by atoms with van der Waals surface area (Å²) in [6.07, 6.45) is 1.30. The number of methoxy groups -OCH3 is 2. The molecule has 1 N–H and O–H groups in total. The van der Waals surface area contributed by atoms with Crippen molar-refractivity contribution in [2.24, 2.45) is 0 Å². The highest BCUT2D eigenvalue weighted by Gasteiger charge is 2.27. The Bertz CT molecular complexity index is 749. The van der Waals surface area contributed by atoms with E-state index < -0.39 is 4.92 Å². The van der Waals surface area contributed by atoms with Crippen LogP contribution in [0.3, 0.4) is 0 Å². The fourth-order valence-electron chi connectivity index (χ4n) is 2.52. The fourth-order valence-corrected chi connectivity index (χ4v) is 2.52. The summed E-state index contributed by atoms with van der Waals surface area (Å²) < 4.78 is 15.6. The summed E-state index contributed by atoms with van der Waals surface area (Å²) in [5.74, 6) is 1.04. The molecule has 0 aliphatic carbocycles. The van der Waals surface area contributed by atoms with Gasteiger partial charge in [-0.3, -0.25) is 10.1 Å². The second kappa shape index (κ2) is 11.0. The molecule has 0 unspecified atom stereocenters. The Labute approximate surface area is 163 Å². The van der Waals surface area contributed by atoms with Crippen molar-refractivity contribution < 1.29 is 19.1 Å². The molecule has 10 nitrogen and oxygen atoms in total. The van der Waals surface area contributed by atoms with Crippen molar-refractivity contribution in [3.8, 4) is 5.75 Å². The molecule has 0 atom stereocenters. The summed E-state index contributed by atoms with van der Waals surface area (Å²) in [4.78, 5) is 21.3.